The summed E-state index contributed by atoms with van der Waals surface area (Å²) < 4.78 is 5.81. The molecule has 2 fully saturated rings. The van der Waals surface area contributed by atoms with Gasteiger partial charge in [-0.05, 0) is 25.2 Å². The third-order valence-corrected chi connectivity index (χ3v) is 4.46. The van der Waals surface area contributed by atoms with Crippen molar-refractivity contribution < 1.29 is 9.53 Å². The molecule has 3 heteroatoms. The molecule has 110 valence electrons. The Morgan fingerprint density at radius 3 is 2.74 bits per heavy atom. The maximum Gasteiger partial charge on any atom is 0.225 e. The minimum atomic E-state index is 0.276. The third kappa shape index (κ3) is 4.48. The van der Waals surface area contributed by atoms with Crippen molar-refractivity contribution >= 4 is 5.91 Å². The number of rotatable bonds is 5. The van der Waals surface area contributed by atoms with Gasteiger partial charge in [-0.15, -0.1) is 0 Å². The van der Waals surface area contributed by atoms with E-state index in [0.29, 0.717) is 11.8 Å². The average molecular weight is 267 g/mol. The van der Waals surface area contributed by atoms with Crippen LogP contribution in [-0.4, -0.2) is 36.6 Å². The molecule has 1 aliphatic carbocycles. The van der Waals surface area contributed by atoms with E-state index in [2.05, 4.69) is 18.7 Å². The molecular formula is C16H29NO2. The van der Waals surface area contributed by atoms with Crippen LogP contribution in [0.25, 0.3) is 0 Å². The second-order valence-corrected chi connectivity index (χ2v) is 6.58. The Kier molecular flexibility index (Phi) is 5.68. The number of carbonyl (C=O) groups excluding carboxylic acids is 1. The highest BCUT2D eigenvalue weighted by Gasteiger charge is 2.30. The van der Waals surface area contributed by atoms with E-state index in [9.17, 15) is 4.79 Å². The normalized spacial score (nSPS) is 25.2. The summed E-state index contributed by atoms with van der Waals surface area (Å²) in [5.74, 6) is 1.48. The van der Waals surface area contributed by atoms with Crippen LogP contribution in [0.15, 0.2) is 0 Å². The van der Waals surface area contributed by atoms with Gasteiger partial charge in [-0.3, -0.25) is 4.79 Å². The lowest BCUT2D eigenvalue weighted by atomic mass is 10.0. The third-order valence-electron chi connectivity index (χ3n) is 4.46. The number of carbonyl (C=O) groups is 1. The summed E-state index contributed by atoms with van der Waals surface area (Å²) in [6, 6.07) is 0. The molecule has 1 aliphatic heterocycles. The smallest absolute Gasteiger partial charge is 0.225 e. The first kappa shape index (κ1) is 14.8. The van der Waals surface area contributed by atoms with Crippen LogP contribution < -0.4 is 0 Å². The molecule has 0 radical (unpaired) electrons. The summed E-state index contributed by atoms with van der Waals surface area (Å²) >= 11 is 0. The Labute approximate surface area is 117 Å². The van der Waals surface area contributed by atoms with Crippen molar-refractivity contribution in [3.05, 3.63) is 0 Å². The zero-order chi connectivity index (χ0) is 13.7. The Morgan fingerprint density at radius 2 is 2.05 bits per heavy atom. The van der Waals surface area contributed by atoms with Crippen LogP contribution >= 0.6 is 0 Å². The highest BCUT2D eigenvalue weighted by atomic mass is 16.5. The van der Waals surface area contributed by atoms with Crippen molar-refractivity contribution in [2.75, 3.05) is 19.7 Å². The lowest BCUT2D eigenvalue weighted by Crippen LogP contribution is -2.47. The van der Waals surface area contributed by atoms with Gasteiger partial charge in [0, 0.05) is 19.0 Å². The summed E-state index contributed by atoms with van der Waals surface area (Å²) in [6.07, 6.45) is 8.54. The SMILES string of the molecule is CC(C)CCCC1CN(C(=O)C2CCCC2)CCO1. The summed E-state index contributed by atoms with van der Waals surface area (Å²) in [5.41, 5.74) is 0. The monoisotopic (exact) mass is 267 g/mol. The Bertz CT molecular complexity index is 284. The maximum atomic E-state index is 12.4. The van der Waals surface area contributed by atoms with E-state index in [0.717, 1.165) is 44.9 Å². The van der Waals surface area contributed by atoms with Crippen LogP contribution in [0.2, 0.25) is 0 Å². The summed E-state index contributed by atoms with van der Waals surface area (Å²) in [4.78, 5) is 14.5. The van der Waals surface area contributed by atoms with E-state index in [1.165, 1.54) is 25.7 Å². The predicted molar refractivity (Wildman–Crippen MR) is 77.0 cm³/mol. The highest BCUT2D eigenvalue weighted by Crippen LogP contribution is 2.27. The fourth-order valence-corrected chi connectivity index (χ4v) is 3.28. The van der Waals surface area contributed by atoms with Gasteiger partial charge < -0.3 is 9.64 Å². The van der Waals surface area contributed by atoms with Gasteiger partial charge in [0.15, 0.2) is 0 Å². The highest BCUT2D eigenvalue weighted by molar-refractivity contribution is 5.79. The van der Waals surface area contributed by atoms with Crippen molar-refractivity contribution in [2.45, 2.75) is 64.9 Å². The molecular weight excluding hydrogens is 238 g/mol. The summed E-state index contributed by atoms with van der Waals surface area (Å²) in [5, 5.41) is 0. The van der Waals surface area contributed by atoms with Gasteiger partial charge in [-0.25, -0.2) is 0 Å². The molecule has 0 spiro atoms. The minimum absolute atomic E-state index is 0.276. The Morgan fingerprint density at radius 1 is 1.32 bits per heavy atom. The van der Waals surface area contributed by atoms with Gasteiger partial charge in [-0.1, -0.05) is 39.5 Å². The van der Waals surface area contributed by atoms with Crippen molar-refractivity contribution in [2.24, 2.45) is 11.8 Å². The van der Waals surface area contributed by atoms with E-state index in [1.807, 2.05) is 0 Å². The average Bonchev–Trinajstić information content (AvgIpc) is 2.91. The number of hydrogen-bond donors (Lipinski definition) is 0. The van der Waals surface area contributed by atoms with Gasteiger partial charge >= 0.3 is 0 Å². The Hall–Kier alpha value is -0.570. The van der Waals surface area contributed by atoms with Crippen LogP contribution in [0.4, 0.5) is 0 Å². The molecule has 1 saturated heterocycles. The van der Waals surface area contributed by atoms with Crippen molar-refractivity contribution in [3.8, 4) is 0 Å². The number of ether oxygens (including phenoxy) is 1. The summed E-state index contributed by atoms with van der Waals surface area (Å²) in [7, 11) is 0. The molecule has 0 aromatic carbocycles. The maximum absolute atomic E-state index is 12.4. The van der Waals surface area contributed by atoms with E-state index < -0.39 is 0 Å². The molecule has 0 aromatic rings. The second-order valence-electron chi connectivity index (χ2n) is 6.58. The largest absolute Gasteiger partial charge is 0.375 e. The van der Waals surface area contributed by atoms with Crippen LogP contribution in [0.5, 0.6) is 0 Å². The lowest BCUT2D eigenvalue weighted by Gasteiger charge is -2.34. The quantitative estimate of drug-likeness (QED) is 0.765. The molecule has 1 saturated carbocycles. The topological polar surface area (TPSA) is 29.5 Å². The molecule has 0 N–H and O–H groups in total. The summed E-state index contributed by atoms with van der Waals surface area (Å²) in [6.45, 7) is 6.88. The number of morpholine rings is 1. The molecule has 2 aliphatic rings. The van der Waals surface area contributed by atoms with Gasteiger partial charge in [0.25, 0.3) is 0 Å². The van der Waals surface area contributed by atoms with Gasteiger partial charge in [0.2, 0.25) is 5.91 Å². The predicted octanol–water partition coefficient (Wildman–Crippen LogP) is 3.23. The van der Waals surface area contributed by atoms with Gasteiger partial charge in [-0.2, -0.15) is 0 Å². The van der Waals surface area contributed by atoms with Crippen molar-refractivity contribution in [1.82, 2.24) is 4.90 Å². The van der Waals surface area contributed by atoms with Crippen molar-refractivity contribution in [1.29, 1.82) is 0 Å². The zero-order valence-corrected chi connectivity index (χ0v) is 12.6. The fraction of sp³-hybridized carbons (Fsp3) is 0.938. The molecule has 1 amide bonds. The standard InChI is InChI=1S/C16H29NO2/c1-13(2)6-5-9-15-12-17(10-11-19-15)16(18)14-7-3-4-8-14/h13-15H,3-12H2,1-2H3. The number of hydrogen-bond acceptors (Lipinski definition) is 2. The molecule has 0 bridgehead atoms. The van der Waals surface area contributed by atoms with Crippen molar-refractivity contribution in [3.63, 3.8) is 0 Å². The van der Waals surface area contributed by atoms with E-state index >= 15 is 0 Å². The molecule has 1 unspecified atom stereocenters. The minimum Gasteiger partial charge on any atom is -0.375 e. The van der Waals surface area contributed by atoms with E-state index in [4.69, 9.17) is 4.74 Å². The van der Waals surface area contributed by atoms with Crippen LogP contribution in [0.3, 0.4) is 0 Å². The first-order valence-corrected chi connectivity index (χ1v) is 8.07. The van der Waals surface area contributed by atoms with Gasteiger partial charge in [0.1, 0.15) is 0 Å². The fourth-order valence-electron chi connectivity index (χ4n) is 3.28. The number of nitrogens with zero attached hydrogens (tertiary/aromatic N) is 1. The van der Waals surface area contributed by atoms with Crippen LogP contribution in [0.1, 0.15) is 58.8 Å². The van der Waals surface area contributed by atoms with E-state index in [1.54, 1.807) is 0 Å². The van der Waals surface area contributed by atoms with Gasteiger partial charge in [0.05, 0.1) is 12.7 Å². The molecule has 1 heterocycles. The molecule has 1 atom stereocenters. The second kappa shape index (κ2) is 7.28. The first-order chi connectivity index (χ1) is 9.16. The Balaban J connectivity index is 1.74. The molecule has 2 rings (SSSR count). The van der Waals surface area contributed by atoms with Crippen LogP contribution in [0, 0.1) is 11.8 Å². The zero-order valence-electron chi connectivity index (χ0n) is 12.6. The number of amides is 1. The molecule has 19 heavy (non-hydrogen) atoms. The van der Waals surface area contributed by atoms with E-state index in [-0.39, 0.29) is 6.10 Å². The first-order valence-electron chi connectivity index (χ1n) is 8.07. The van der Waals surface area contributed by atoms with Crippen LogP contribution in [-0.2, 0) is 9.53 Å². The molecule has 0 aromatic heterocycles. The molecule has 3 nitrogen and oxygen atoms in total. The lowest BCUT2D eigenvalue weighted by molar-refractivity contribution is -0.143.